The van der Waals surface area contributed by atoms with Gasteiger partial charge >= 0.3 is 0 Å². The van der Waals surface area contributed by atoms with Crippen LogP contribution < -0.4 is 5.32 Å². The van der Waals surface area contributed by atoms with Crippen LogP contribution in [-0.4, -0.2) is 31.1 Å². The number of nitrogens with one attached hydrogen (secondary N) is 1. The molecule has 1 fully saturated rings. The van der Waals surface area contributed by atoms with Gasteiger partial charge in [-0.05, 0) is 50.4 Å². The van der Waals surface area contributed by atoms with Gasteiger partial charge in [-0.25, -0.2) is 0 Å². The number of hydrogen-bond acceptors (Lipinski definition) is 2. The quantitative estimate of drug-likeness (QED) is 0.810. The van der Waals surface area contributed by atoms with Crippen LogP contribution in [0.2, 0.25) is 0 Å². The van der Waals surface area contributed by atoms with E-state index in [0.29, 0.717) is 6.04 Å². The highest BCUT2D eigenvalue weighted by Crippen LogP contribution is 2.24. The summed E-state index contributed by atoms with van der Waals surface area (Å²) in [7, 11) is 2.09. The van der Waals surface area contributed by atoms with E-state index in [4.69, 9.17) is 0 Å². The van der Waals surface area contributed by atoms with E-state index in [0.717, 1.165) is 19.0 Å². The van der Waals surface area contributed by atoms with Crippen LogP contribution in [0.15, 0.2) is 24.3 Å². The molecule has 1 saturated heterocycles. The molecule has 0 bridgehead atoms. The summed E-state index contributed by atoms with van der Waals surface area (Å²) in [4.78, 5) is 2.72. The third kappa shape index (κ3) is 4.55. The van der Waals surface area contributed by atoms with Gasteiger partial charge in [-0.15, -0.1) is 0 Å². The fourth-order valence-electron chi connectivity index (χ4n) is 3.54. The lowest BCUT2D eigenvalue weighted by atomic mass is 9.96. The van der Waals surface area contributed by atoms with Crippen LogP contribution in [0.1, 0.15) is 63.1 Å². The standard InChI is InChI=1S/C19H32N2/c1-4-8-18-9-6-7-14-21(18)15-19(20-3)17-12-10-16(5-2)11-13-17/h10-13,18-20H,4-9,14-15H2,1-3H3. The predicted molar refractivity (Wildman–Crippen MR) is 91.7 cm³/mol. The summed E-state index contributed by atoms with van der Waals surface area (Å²) < 4.78 is 0. The summed E-state index contributed by atoms with van der Waals surface area (Å²) in [6, 6.07) is 10.4. The summed E-state index contributed by atoms with van der Waals surface area (Å²) in [5.41, 5.74) is 2.85. The molecule has 21 heavy (non-hydrogen) atoms. The van der Waals surface area contributed by atoms with E-state index in [9.17, 15) is 0 Å². The molecule has 2 atom stereocenters. The van der Waals surface area contributed by atoms with Crippen LogP contribution in [0.5, 0.6) is 0 Å². The van der Waals surface area contributed by atoms with Gasteiger partial charge < -0.3 is 5.32 Å². The molecule has 1 aromatic rings. The molecule has 1 N–H and O–H groups in total. The average Bonchev–Trinajstić information content (AvgIpc) is 2.54. The van der Waals surface area contributed by atoms with Crippen LogP contribution in [0.25, 0.3) is 0 Å². The molecular weight excluding hydrogens is 256 g/mol. The molecule has 1 heterocycles. The molecule has 1 aliphatic heterocycles. The molecule has 118 valence electrons. The highest BCUT2D eigenvalue weighted by atomic mass is 15.2. The Kier molecular flexibility index (Phi) is 6.72. The van der Waals surface area contributed by atoms with Crippen LogP contribution in [0, 0.1) is 0 Å². The van der Waals surface area contributed by atoms with Crippen molar-refractivity contribution in [3.8, 4) is 0 Å². The van der Waals surface area contributed by atoms with E-state index < -0.39 is 0 Å². The molecule has 1 aliphatic rings. The maximum atomic E-state index is 3.52. The summed E-state index contributed by atoms with van der Waals surface area (Å²) in [6.45, 7) is 6.95. The highest BCUT2D eigenvalue weighted by Gasteiger charge is 2.24. The van der Waals surface area contributed by atoms with E-state index >= 15 is 0 Å². The van der Waals surface area contributed by atoms with Crippen LogP contribution in [0.4, 0.5) is 0 Å². The first-order chi connectivity index (χ1) is 10.3. The second kappa shape index (κ2) is 8.55. The monoisotopic (exact) mass is 288 g/mol. The number of nitrogens with zero attached hydrogens (tertiary/aromatic N) is 1. The lowest BCUT2D eigenvalue weighted by molar-refractivity contribution is 0.126. The number of rotatable bonds is 7. The maximum Gasteiger partial charge on any atom is 0.0446 e. The van der Waals surface area contributed by atoms with E-state index in [1.54, 1.807) is 0 Å². The Hall–Kier alpha value is -0.860. The zero-order chi connectivity index (χ0) is 15.1. The Bertz CT molecular complexity index is 397. The minimum atomic E-state index is 0.452. The second-order valence-corrected chi connectivity index (χ2v) is 6.37. The van der Waals surface area contributed by atoms with Crippen LogP contribution in [-0.2, 0) is 6.42 Å². The van der Waals surface area contributed by atoms with E-state index in [-0.39, 0.29) is 0 Å². The first kappa shape index (κ1) is 16.5. The Morgan fingerprint density at radius 2 is 1.95 bits per heavy atom. The number of benzene rings is 1. The maximum absolute atomic E-state index is 3.52. The molecule has 0 spiro atoms. The third-order valence-corrected chi connectivity index (χ3v) is 4.93. The minimum Gasteiger partial charge on any atom is -0.312 e. The van der Waals surface area contributed by atoms with Gasteiger partial charge in [-0.3, -0.25) is 4.90 Å². The van der Waals surface area contributed by atoms with Crippen molar-refractivity contribution in [2.45, 2.75) is 64.5 Å². The van der Waals surface area contributed by atoms with E-state index in [1.165, 1.54) is 49.8 Å². The van der Waals surface area contributed by atoms with E-state index in [2.05, 4.69) is 55.4 Å². The normalized spacial score (nSPS) is 21.4. The zero-order valence-electron chi connectivity index (χ0n) is 14.1. The van der Waals surface area contributed by atoms with Crippen molar-refractivity contribution in [3.05, 3.63) is 35.4 Å². The van der Waals surface area contributed by atoms with Gasteiger partial charge in [-0.1, -0.05) is 51.0 Å². The molecular formula is C19H32N2. The molecule has 0 radical (unpaired) electrons. The van der Waals surface area contributed by atoms with Crippen molar-refractivity contribution in [2.24, 2.45) is 0 Å². The number of likely N-dealkylation sites (tertiary alicyclic amines) is 1. The fraction of sp³-hybridized carbons (Fsp3) is 0.684. The predicted octanol–water partition coefficient (Wildman–Crippen LogP) is 4.16. The van der Waals surface area contributed by atoms with Crippen molar-refractivity contribution < 1.29 is 0 Å². The lowest BCUT2D eigenvalue weighted by Crippen LogP contribution is -2.43. The number of likely N-dealkylation sites (N-methyl/N-ethyl adjacent to an activating group) is 1. The topological polar surface area (TPSA) is 15.3 Å². The number of piperidine rings is 1. The lowest BCUT2D eigenvalue weighted by Gasteiger charge is -2.38. The molecule has 0 amide bonds. The van der Waals surface area contributed by atoms with Crippen LogP contribution >= 0.6 is 0 Å². The smallest absolute Gasteiger partial charge is 0.0446 e. The van der Waals surface area contributed by atoms with Gasteiger partial charge in [0.1, 0.15) is 0 Å². The summed E-state index contributed by atoms with van der Waals surface area (Å²) in [5.74, 6) is 0. The largest absolute Gasteiger partial charge is 0.312 e. The van der Waals surface area contributed by atoms with Gasteiger partial charge in [0, 0.05) is 18.6 Å². The zero-order valence-corrected chi connectivity index (χ0v) is 14.1. The summed E-state index contributed by atoms with van der Waals surface area (Å²) in [6.07, 6.45) is 7.94. The first-order valence-corrected chi connectivity index (χ1v) is 8.78. The molecule has 0 aromatic heterocycles. The Labute approximate surface area is 130 Å². The fourth-order valence-corrected chi connectivity index (χ4v) is 3.54. The molecule has 0 saturated carbocycles. The molecule has 2 heteroatoms. The number of aryl methyl sites for hydroxylation is 1. The van der Waals surface area contributed by atoms with Crippen molar-refractivity contribution in [2.75, 3.05) is 20.1 Å². The molecule has 2 rings (SSSR count). The van der Waals surface area contributed by atoms with Crippen molar-refractivity contribution >= 4 is 0 Å². The SMILES string of the molecule is CCCC1CCCCN1CC(NC)c1ccc(CC)cc1. The van der Waals surface area contributed by atoms with Crippen molar-refractivity contribution in [1.82, 2.24) is 10.2 Å². The van der Waals surface area contributed by atoms with E-state index in [1.807, 2.05) is 0 Å². The molecule has 2 nitrogen and oxygen atoms in total. The first-order valence-electron chi connectivity index (χ1n) is 8.78. The third-order valence-electron chi connectivity index (χ3n) is 4.93. The van der Waals surface area contributed by atoms with Crippen molar-refractivity contribution in [3.63, 3.8) is 0 Å². The van der Waals surface area contributed by atoms with Gasteiger partial charge in [0.25, 0.3) is 0 Å². The highest BCUT2D eigenvalue weighted by molar-refractivity contribution is 5.25. The Morgan fingerprint density at radius 3 is 2.57 bits per heavy atom. The Balaban J connectivity index is 2.02. The average molecular weight is 288 g/mol. The number of hydrogen-bond donors (Lipinski definition) is 1. The molecule has 1 aromatic carbocycles. The molecule has 2 unspecified atom stereocenters. The second-order valence-electron chi connectivity index (χ2n) is 6.37. The van der Waals surface area contributed by atoms with Crippen molar-refractivity contribution in [1.29, 1.82) is 0 Å². The minimum absolute atomic E-state index is 0.452. The van der Waals surface area contributed by atoms with Gasteiger partial charge in [0.2, 0.25) is 0 Å². The van der Waals surface area contributed by atoms with Gasteiger partial charge in [0.05, 0.1) is 0 Å². The van der Waals surface area contributed by atoms with Gasteiger partial charge in [0.15, 0.2) is 0 Å². The summed E-state index contributed by atoms with van der Waals surface area (Å²) >= 11 is 0. The summed E-state index contributed by atoms with van der Waals surface area (Å²) in [5, 5.41) is 3.52. The Morgan fingerprint density at radius 1 is 1.19 bits per heavy atom. The van der Waals surface area contributed by atoms with Crippen LogP contribution in [0.3, 0.4) is 0 Å². The molecule has 0 aliphatic carbocycles. The van der Waals surface area contributed by atoms with Gasteiger partial charge in [-0.2, -0.15) is 0 Å².